The Labute approximate surface area is 80.9 Å². The van der Waals surface area contributed by atoms with Crippen LogP contribution in [0.15, 0.2) is 0 Å². The van der Waals surface area contributed by atoms with Crippen LogP contribution in [-0.4, -0.2) is 35.7 Å². The van der Waals surface area contributed by atoms with E-state index in [1.807, 2.05) is 0 Å². The van der Waals surface area contributed by atoms with Gasteiger partial charge in [0.15, 0.2) is 0 Å². The van der Waals surface area contributed by atoms with E-state index in [0.717, 1.165) is 31.8 Å². The SMILES string of the molecule is CC[C@H]1CN(CC2CC2)CC[C@H]1O. The predicted octanol–water partition coefficient (Wildman–Crippen LogP) is 1.49. The molecule has 0 radical (unpaired) electrons. The number of likely N-dealkylation sites (tertiary alicyclic amines) is 1. The zero-order valence-electron chi connectivity index (χ0n) is 8.58. The Morgan fingerprint density at radius 2 is 2.08 bits per heavy atom. The third-order valence-electron chi connectivity index (χ3n) is 3.52. The van der Waals surface area contributed by atoms with Crippen LogP contribution in [0.5, 0.6) is 0 Å². The number of rotatable bonds is 3. The van der Waals surface area contributed by atoms with Crippen LogP contribution >= 0.6 is 0 Å². The molecule has 0 spiro atoms. The van der Waals surface area contributed by atoms with Crippen LogP contribution in [0.3, 0.4) is 0 Å². The first-order valence-electron chi connectivity index (χ1n) is 5.70. The first-order chi connectivity index (χ1) is 6.29. The van der Waals surface area contributed by atoms with Crippen molar-refractivity contribution in [2.45, 2.75) is 38.7 Å². The lowest BCUT2D eigenvalue weighted by atomic mass is 9.92. The van der Waals surface area contributed by atoms with E-state index in [9.17, 15) is 5.11 Å². The molecule has 1 saturated carbocycles. The highest BCUT2D eigenvalue weighted by Gasteiger charge is 2.30. The molecule has 2 heteroatoms. The molecule has 0 bridgehead atoms. The summed E-state index contributed by atoms with van der Waals surface area (Å²) >= 11 is 0. The fourth-order valence-electron chi connectivity index (χ4n) is 2.33. The lowest BCUT2D eigenvalue weighted by Gasteiger charge is -2.35. The molecular weight excluding hydrogens is 162 g/mol. The van der Waals surface area contributed by atoms with E-state index in [2.05, 4.69) is 11.8 Å². The van der Waals surface area contributed by atoms with Gasteiger partial charge in [0.05, 0.1) is 6.10 Å². The molecule has 0 unspecified atom stereocenters. The van der Waals surface area contributed by atoms with Crippen molar-refractivity contribution < 1.29 is 5.11 Å². The first-order valence-corrected chi connectivity index (χ1v) is 5.70. The van der Waals surface area contributed by atoms with E-state index < -0.39 is 0 Å². The average molecular weight is 183 g/mol. The summed E-state index contributed by atoms with van der Waals surface area (Å²) in [6, 6.07) is 0. The quantitative estimate of drug-likeness (QED) is 0.716. The average Bonchev–Trinajstić information content (AvgIpc) is 2.92. The number of hydrogen-bond acceptors (Lipinski definition) is 2. The fourth-order valence-corrected chi connectivity index (χ4v) is 2.33. The molecule has 1 heterocycles. The van der Waals surface area contributed by atoms with Gasteiger partial charge < -0.3 is 10.0 Å². The van der Waals surface area contributed by atoms with E-state index in [1.54, 1.807) is 0 Å². The maximum absolute atomic E-state index is 9.71. The number of nitrogens with zero attached hydrogens (tertiary/aromatic N) is 1. The highest BCUT2D eigenvalue weighted by atomic mass is 16.3. The van der Waals surface area contributed by atoms with Crippen molar-refractivity contribution in [3.8, 4) is 0 Å². The predicted molar refractivity (Wildman–Crippen MR) is 53.6 cm³/mol. The van der Waals surface area contributed by atoms with Gasteiger partial charge in [-0.25, -0.2) is 0 Å². The molecule has 1 saturated heterocycles. The van der Waals surface area contributed by atoms with Gasteiger partial charge in [-0.15, -0.1) is 0 Å². The monoisotopic (exact) mass is 183 g/mol. The van der Waals surface area contributed by atoms with E-state index in [4.69, 9.17) is 0 Å². The second-order valence-corrected chi connectivity index (χ2v) is 4.73. The van der Waals surface area contributed by atoms with E-state index in [-0.39, 0.29) is 6.10 Å². The van der Waals surface area contributed by atoms with Crippen LogP contribution in [0.1, 0.15) is 32.6 Å². The second kappa shape index (κ2) is 3.97. The molecule has 13 heavy (non-hydrogen) atoms. The van der Waals surface area contributed by atoms with Crippen molar-refractivity contribution in [2.75, 3.05) is 19.6 Å². The van der Waals surface area contributed by atoms with Gasteiger partial charge in [-0.3, -0.25) is 0 Å². The fraction of sp³-hybridized carbons (Fsp3) is 1.00. The maximum atomic E-state index is 9.71. The minimum atomic E-state index is -0.0274. The summed E-state index contributed by atoms with van der Waals surface area (Å²) in [5.74, 6) is 1.53. The zero-order valence-corrected chi connectivity index (χ0v) is 8.58. The Morgan fingerprint density at radius 1 is 1.31 bits per heavy atom. The van der Waals surface area contributed by atoms with Gasteiger partial charge in [0.25, 0.3) is 0 Å². The van der Waals surface area contributed by atoms with Gasteiger partial charge in [-0.1, -0.05) is 6.92 Å². The molecular formula is C11H21NO. The van der Waals surface area contributed by atoms with Crippen LogP contribution in [0.4, 0.5) is 0 Å². The van der Waals surface area contributed by atoms with E-state index >= 15 is 0 Å². The Hall–Kier alpha value is -0.0800. The van der Waals surface area contributed by atoms with Crippen molar-refractivity contribution in [3.63, 3.8) is 0 Å². The molecule has 0 amide bonds. The van der Waals surface area contributed by atoms with Gasteiger partial charge in [0, 0.05) is 19.6 Å². The third kappa shape index (κ3) is 2.44. The largest absolute Gasteiger partial charge is 0.393 e. The molecule has 0 aromatic heterocycles. The Kier molecular flexibility index (Phi) is 2.89. The number of hydrogen-bond donors (Lipinski definition) is 1. The highest BCUT2D eigenvalue weighted by molar-refractivity contribution is 4.83. The molecule has 1 N–H and O–H groups in total. The molecule has 2 fully saturated rings. The molecule has 2 atom stereocenters. The zero-order chi connectivity index (χ0) is 9.26. The van der Waals surface area contributed by atoms with Crippen LogP contribution in [0, 0.1) is 11.8 Å². The summed E-state index contributed by atoms with van der Waals surface area (Å²) in [5, 5.41) is 9.71. The van der Waals surface area contributed by atoms with Crippen LogP contribution in [0.25, 0.3) is 0 Å². The van der Waals surface area contributed by atoms with E-state index in [1.165, 1.54) is 19.4 Å². The van der Waals surface area contributed by atoms with Gasteiger partial charge in [0.2, 0.25) is 0 Å². The molecule has 0 aromatic rings. The van der Waals surface area contributed by atoms with Crippen molar-refractivity contribution in [1.82, 2.24) is 4.90 Å². The molecule has 1 aliphatic heterocycles. The summed E-state index contributed by atoms with van der Waals surface area (Å²) in [4.78, 5) is 2.55. The topological polar surface area (TPSA) is 23.5 Å². The van der Waals surface area contributed by atoms with Crippen LogP contribution in [-0.2, 0) is 0 Å². The standard InChI is InChI=1S/C11H21NO/c1-2-10-8-12(6-5-11(10)13)7-9-3-4-9/h9-11,13H,2-8H2,1H3/t10-,11+/m0/s1. The summed E-state index contributed by atoms with van der Waals surface area (Å²) in [7, 11) is 0. The Balaban J connectivity index is 1.78. The summed E-state index contributed by atoms with van der Waals surface area (Å²) in [6.45, 7) is 5.74. The second-order valence-electron chi connectivity index (χ2n) is 4.73. The van der Waals surface area contributed by atoms with Gasteiger partial charge >= 0.3 is 0 Å². The lowest BCUT2D eigenvalue weighted by Crippen LogP contribution is -2.43. The highest BCUT2D eigenvalue weighted by Crippen LogP contribution is 2.31. The normalized spacial score (nSPS) is 36.5. The van der Waals surface area contributed by atoms with Crippen LogP contribution < -0.4 is 0 Å². The molecule has 2 rings (SSSR count). The lowest BCUT2D eigenvalue weighted by molar-refractivity contribution is 0.0236. The minimum absolute atomic E-state index is 0.0274. The van der Waals surface area contributed by atoms with Gasteiger partial charge in [0.1, 0.15) is 0 Å². The number of aliphatic hydroxyl groups excluding tert-OH is 1. The molecule has 2 aliphatic rings. The van der Waals surface area contributed by atoms with Gasteiger partial charge in [-0.2, -0.15) is 0 Å². The van der Waals surface area contributed by atoms with Crippen molar-refractivity contribution in [1.29, 1.82) is 0 Å². The van der Waals surface area contributed by atoms with Crippen molar-refractivity contribution >= 4 is 0 Å². The smallest absolute Gasteiger partial charge is 0.0592 e. The molecule has 0 aromatic carbocycles. The van der Waals surface area contributed by atoms with E-state index in [0.29, 0.717) is 5.92 Å². The minimum Gasteiger partial charge on any atom is -0.393 e. The Morgan fingerprint density at radius 3 is 2.69 bits per heavy atom. The number of piperidine rings is 1. The molecule has 76 valence electrons. The first kappa shape index (κ1) is 9.47. The van der Waals surface area contributed by atoms with Crippen LogP contribution in [0.2, 0.25) is 0 Å². The number of aliphatic hydroxyl groups is 1. The summed E-state index contributed by atoms with van der Waals surface area (Å²) < 4.78 is 0. The summed E-state index contributed by atoms with van der Waals surface area (Å²) in [5.41, 5.74) is 0. The third-order valence-corrected chi connectivity index (χ3v) is 3.52. The van der Waals surface area contributed by atoms with Gasteiger partial charge in [-0.05, 0) is 37.5 Å². The van der Waals surface area contributed by atoms with Crippen molar-refractivity contribution in [3.05, 3.63) is 0 Å². The molecule has 1 aliphatic carbocycles. The van der Waals surface area contributed by atoms with Crippen molar-refractivity contribution in [2.24, 2.45) is 11.8 Å². The Bertz CT molecular complexity index is 167. The maximum Gasteiger partial charge on any atom is 0.0592 e. The summed E-state index contributed by atoms with van der Waals surface area (Å²) in [6.07, 6.45) is 4.97. The molecule has 2 nitrogen and oxygen atoms in total.